The molecule has 8 nitrogen and oxygen atoms in total. The van der Waals surface area contributed by atoms with E-state index in [1.165, 1.54) is 11.4 Å². The maximum absolute atomic E-state index is 12.2. The Morgan fingerprint density at radius 1 is 1.20 bits per heavy atom. The molecule has 1 aromatic carbocycles. The quantitative estimate of drug-likeness (QED) is 0.535. The van der Waals surface area contributed by atoms with Gasteiger partial charge in [0, 0.05) is 5.02 Å². The van der Waals surface area contributed by atoms with Gasteiger partial charge in [-0.2, -0.15) is 0 Å². The van der Waals surface area contributed by atoms with Crippen molar-refractivity contribution in [3.8, 4) is 5.75 Å². The molecule has 11 heteroatoms. The van der Waals surface area contributed by atoms with Crippen LogP contribution in [-0.4, -0.2) is 34.0 Å². The first kappa shape index (κ1) is 19.2. The van der Waals surface area contributed by atoms with Crippen LogP contribution in [0.3, 0.4) is 0 Å². The molecule has 2 rings (SSSR count). The fourth-order valence-corrected chi connectivity index (χ4v) is 3.97. The lowest BCUT2D eigenvalue weighted by Gasteiger charge is -2.09. The lowest BCUT2D eigenvalue weighted by Crippen LogP contribution is -2.43. The van der Waals surface area contributed by atoms with Gasteiger partial charge in [0.2, 0.25) is 0 Å². The van der Waals surface area contributed by atoms with Gasteiger partial charge in [0.1, 0.15) is 15.5 Å². The molecule has 0 aliphatic rings. The summed E-state index contributed by atoms with van der Waals surface area (Å²) in [6.45, 7) is -0.419. The highest BCUT2D eigenvalue weighted by atomic mass is 35.5. The van der Waals surface area contributed by atoms with E-state index in [1.807, 2.05) is 10.3 Å². The molecule has 0 aliphatic heterocycles. The second-order valence-electron chi connectivity index (χ2n) is 4.50. The van der Waals surface area contributed by atoms with Crippen LogP contribution in [0.15, 0.2) is 40.6 Å². The molecule has 1 aromatic heterocycles. The number of amides is 1. The third-order valence-corrected chi connectivity index (χ3v) is 5.36. The van der Waals surface area contributed by atoms with E-state index in [4.69, 9.17) is 16.3 Å². The number of carbonyl (C=O) groups excluding carboxylic acids is 2. The molecule has 1 amide bonds. The summed E-state index contributed by atoms with van der Waals surface area (Å²) in [6.07, 6.45) is 0. The number of sulfonamides is 1. The Kier molecular flexibility index (Phi) is 6.37. The number of halogens is 1. The van der Waals surface area contributed by atoms with Crippen molar-refractivity contribution in [3.63, 3.8) is 0 Å². The monoisotopic (exact) mass is 404 g/mol. The predicted octanol–water partition coefficient (Wildman–Crippen LogP) is 1.58. The Balaban J connectivity index is 1.93. The first-order chi connectivity index (χ1) is 11.8. The van der Waals surface area contributed by atoms with E-state index in [9.17, 15) is 18.0 Å². The molecular formula is C14H13ClN2O6S2. The second kappa shape index (κ2) is 8.30. The third kappa shape index (κ3) is 5.16. The van der Waals surface area contributed by atoms with Crippen molar-refractivity contribution in [2.45, 2.75) is 4.90 Å². The van der Waals surface area contributed by atoms with E-state index >= 15 is 0 Å². The fraction of sp³-hybridized carbons (Fsp3) is 0.143. The van der Waals surface area contributed by atoms with Crippen molar-refractivity contribution < 1.29 is 27.5 Å². The van der Waals surface area contributed by atoms with Gasteiger partial charge in [-0.05, 0) is 35.7 Å². The topological polar surface area (TPSA) is 111 Å². The van der Waals surface area contributed by atoms with E-state index in [-0.39, 0.29) is 9.77 Å². The van der Waals surface area contributed by atoms with Crippen LogP contribution < -0.4 is 15.0 Å². The minimum atomic E-state index is -4.13. The van der Waals surface area contributed by atoms with Crippen LogP contribution in [0.25, 0.3) is 0 Å². The van der Waals surface area contributed by atoms with Gasteiger partial charge in [-0.25, -0.2) is 13.2 Å². The van der Waals surface area contributed by atoms with Crippen molar-refractivity contribution in [3.05, 3.63) is 45.6 Å². The maximum Gasteiger partial charge on any atom is 0.349 e. The van der Waals surface area contributed by atoms with Crippen LogP contribution >= 0.6 is 22.9 Å². The van der Waals surface area contributed by atoms with Gasteiger partial charge >= 0.3 is 5.97 Å². The molecule has 0 spiro atoms. The highest BCUT2D eigenvalue weighted by Crippen LogP contribution is 2.22. The summed E-state index contributed by atoms with van der Waals surface area (Å²) in [5.74, 6) is -1.12. The predicted molar refractivity (Wildman–Crippen MR) is 91.1 cm³/mol. The van der Waals surface area contributed by atoms with Crippen LogP contribution in [-0.2, 0) is 19.6 Å². The minimum absolute atomic E-state index is 0.0957. The van der Waals surface area contributed by atoms with E-state index < -0.39 is 28.5 Å². The van der Waals surface area contributed by atoms with Crippen LogP contribution in [0.4, 0.5) is 0 Å². The van der Waals surface area contributed by atoms with E-state index in [2.05, 4.69) is 4.74 Å². The standard InChI is InChI=1S/C14H13ClN2O6S2/c1-22-14(19)13-11(6-7-24-13)25(20,21)17-16-12(18)8-23-10-4-2-9(15)3-5-10/h2-7,17H,8H2,1H3,(H,16,18). The zero-order valence-corrected chi connectivity index (χ0v) is 15.2. The number of nitrogens with one attached hydrogen (secondary N) is 2. The molecule has 0 bridgehead atoms. The van der Waals surface area contributed by atoms with Crippen molar-refractivity contribution in [1.82, 2.24) is 10.3 Å². The highest BCUT2D eigenvalue weighted by molar-refractivity contribution is 7.89. The van der Waals surface area contributed by atoms with Crippen LogP contribution in [0, 0.1) is 0 Å². The average molecular weight is 405 g/mol. The first-order valence-corrected chi connectivity index (χ1v) is 9.42. The third-order valence-electron chi connectivity index (χ3n) is 2.80. The summed E-state index contributed by atoms with van der Waals surface area (Å²) < 4.78 is 34.0. The number of esters is 1. The van der Waals surface area contributed by atoms with E-state index in [0.29, 0.717) is 10.8 Å². The highest BCUT2D eigenvalue weighted by Gasteiger charge is 2.25. The van der Waals surface area contributed by atoms with Crippen molar-refractivity contribution in [1.29, 1.82) is 0 Å². The number of rotatable bonds is 7. The molecule has 25 heavy (non-hydrogen) atoms. The van der Waals surface area contributed by atoms with Gasteiger partial charge in [0.05, 0.1) is 7.11 Å². The van der Waals surface area contributed by atoms with Gasteiger partial charge in [0.25, 0.3) is 15.9 Å². The largest absolute Gasteiger partial charge is 0.484 e. The molecule has 2 aromatic rings. The summed E-state index contributed by atoms with van der Waals surface area (Å²) in [5, 5.41) is 1.94. The molecule has 0 aliphatic carbocycles. The zero-order chi connectivity index (χ0) is 18.4. The average Bonchev–Trinajstić information content (AvgIpc) is 3.09. The molecule has 0 unspecified atom stereocenters. The number of hydrogen-bond acceptors (Lipinski definition) is 7. The molecule has 2 N–H and O–H groups in total. The molecule has 0 fully saturated rings. The number of hydrazine groups is 1. The van der Waals surface area contributed by atoms with Gasteiger partial charge < -0.3 is 9.47 Å². The number of benzene rings is 1. The number of thiophene rings is 1. The van der Waals surface area contributed by atoms with Crippen molar-refractivity contribution >= 4 is 44.8 Å². The number of hydrogen-bond donors (Lipinski definition) is 2. The van der Waals surface area contributed by atoms with E-state index in [0.717, 1.165) is 18.4 Å². The van der Waals surface area contributed by atoms with Gasteiger partial charge in [0.15, 0.2) is 6.61 Å². The minimum Gasteiger partial charge on any atom is -0.484 e. The second-order valence-corrected chi connectivity index (χ2v) is 7.51. The van der Waals surface area contributed by atoms with Gasteiger partial charge in [-0.3, -0.25) is 10.2 Å². The Labute approximate surface area is 152 Å². The van der Waals surface area contributed by atoms with Crippen LogP contribution in [0.1, 0.15) is 9.67 Å². The summed E-state index contributed by atoms with van der Waals surface area (Å²) in [7, 11) is -2.99. The lowest BCUT2D eigenvalue weighted by molar-refractivity contribution is -0.123. The lowest BCUT2D eigenvalue weighted by atomic mass is 10.3. The Morgan fingerprint density at radius 2 is 1.88 bits per heavy atom. The first-order valence-electron chi connectivity index (χ1n) is 6.68. The SMILES string of the molecule is COC(=O)c1sccc1S(=O)(=O)NNC(=O)COc1ccc(Cl)cc1. The number of ether oxygens (including phenoxy) is 2. The Morgan fingerprint density at radius 3 is 2.52 bits per heavy atom. The zero-order valence-electron chi connectivity index (χ0n) is 12.8. The Bertz CT molecular complexity index is 864. The maximum atomic E-state index is 12.2. The fourth-order valence-electron chi connectivity index (χ4n) is 1.65. The molecule has 1 heterocycles. The molecular weight excluding hydrogens is 392 g/mol. The Hall–Kier alpha value is -2.14. The molecule has 0 saturated heterocycles. The molecule has 0 radical (unpaired) electrons. The van der Waals surface area contributed by atoms with Crippen LogP contribution in [0.2, 0.25) is 5.02 Å². The van der Waals surface area contributed by atoms with Gasteiger partial charge in [-0.15, -0.1) is 16.2 Å². The number of methoxy groups -OCH3 is 1. The molecule has 0 atom stereocenters. The van der Waals surface area contributed by atoms with Gasteiger partial charge in [-0.1, -0.05) is 11.6 Å². The van der Waals surface area contributed by atoms with E-state index in [1.54, 1.807) is 24.3 Å². The normalized spacial score (nSPS) is 11.0. The van der Waals surface area contributed by atoms with Crippen LogP contribution in [0.5, 0.6) is 5.75 Å². The van der Waals surface area contributed by atoms with Crippen molar-refractivity contribution in [2.75, 3.05) is 13.7 Å². The number of carbonyl (C=O) groups is 2. The van der Waals surface area contributed by atoms with Crippen molar-refractivity contribution in [2.24, 2.45) is 0 Å². The summed E-state index contributed by atoms with van der Waals surface area (Å²) >= 11 is 6.64. The summed E-state index contributed by atoms with van der Waals surface area (Å²) in [6, 6.07) is 7.53. The smallest absolute Gasteiger partial charge is 0.349 e. The summed E-state index contributed by atoms with van der Waals surface area (Å²) in [5.41, 5.74) is 2.00. The summed E-state index contributed by atoms with van der Waals surface area (Å²) in [4.78, 5) is 24.8. The molecule has 0 saturated carbocycles. The molecule has 134 valence electrons.